The van der Waals surface area contributed by atoms with Gasteiger partial charge < -0.3 is 10.8 Å². The fourth-order valence-electron chi connectivity index (χ4n) is 2.64. The summed E-state index contributed by atoms with van der Waals surface area (Å²) in [5.41, 5.74) is 10.2. The van der Waals surface area contributed by atoms with Crippen LogP contribution in [0.3, 0.4) is 0 Å². The topological polar surface area (TPSA) is 46.2 Å². The van der Waals surface area contributed by atoms with E-state index in [1.54, 1.807) is 0 Å². The van der Waals surface area contributed by atoms with Crippen molar-refractivity contribution in [3.05, 3.63) is 65.2 Å². The lowest BCUT2D eigenvalue weighted by Crippen LogP contribution is -2.19. The lowest BCUT2D eigenvalue weighted by molar-refractivity contribution is 0.176. The molecule has 2 heteroatoms. The molecule has 2 rings (SSSR count). The normalized spacial score (nSPS) is 14.1. The highest BCUT2D eigenvalue weighted by Crippen LogP contribution is 2.33. The lowest BCUT2D eigenvalue weighted by Gasteiger charge is -2.24. The number of hydrogen-bond acceptors (Lipinski definition) is 2. The molecule has 0 bridgehead atoms. The number of para-hydroxylation sites is 1. The van der Waals surface area contributed by atoms with Crippen molar-refractivity contribution < 1.29 is 5.11 Å². The molecule has 19 heavy (non-hydrogen) atoms. The molecule has 0 saturated carbocycles. The number of aliphatic hydroxyl groups is 1. The zero-order valence-electron chi connectivity index (χ0n) is 11.5. The Morgan fingerprint density at radius 2 is 1.58 bits per heavy atom. The number of rotatable bonds is 4. The molecule has 0 radical (unpaired) electrons. The molecule has 0 aliphatic heterocycles. The van der Waals surface area contributed by atoms with Gasteiger partial charge in [-0.3, -0.25) is 0 Å². The van der Waals surface area contributed by atoms with Crippen molar-refractivity contribution in [3.8, 4) is 0 Å². The molecule has 0 aromatic heterocycles. The van der Waals surface area contributed by atoms with Gasteiger partial charge in [0.25, 0.3) is 0 Å². The van der Waals surface area contributed by atoms with Crippen molar-refractivity contribution >= 4 is 5.69 Å². The minimum atomic E-state index is -0.475. The highest BCUT2D eigenvalue weighted by atomic mass is 16.3. The summed E-state index contributed by atoms with van der Waals surface area (Å²) >= 11 is 0. The predicted molar refractivity (Wildman–Crippen MR) is 80.2 cm³/mol. The van der Waals surface area contributed by atoms with E-state index in [9.17, 15) is 5.11 Å². The van der Waals surface area contributed by atoms with Crippen LogP contribution in [0.15, 0.2) is 48.5 Å². The van der Waals surface area contributed by atoms with Crippen molar-refractivity contribution in [3.63, 3.8) is 0 Å². The molecule has 2 nitrogen and oxygen atoms in total. The van der Waals surface area contributed by atoms with Gasteiger partial charge in [0.05, 0.1) is 6.10 Å². The molecule has 2 aromatic rings. The van der Waals surface area contributed by atoms with Crippen LogP contribution in [0.5, 0.6) is 0 Å². The molecule has 2 aromatic carbocycles. The fourth-order valence-corrected chi connectivity index (χ4v) is 2.64. The molecule has 0 heterocycles. The number of aliphatic hydroxyl groups excluding tert-OH is 1. The van der Waals surface area contributed by atoms with Gasteiger partial charge in [0.15, 0.2) is 0 Å². The Morgan fingerprint density at radius 1 is 1.00 bits per heavy atom. The zero-order chi connectivity index (χ0) is 13.8. The van der Waals surface area contributed by atoms with E-state index in [0.29, 0.717) is 0 Å². The number of anilines is 1. The van der Waals surface area contributed by atoms with Gasteiger partial charge in [-0.05, 0) is 36.1 Å². The quantitative estimate of drug-likeness (QED) is 0.823. The molecular weight excluding hydrogens is 234 g/mol. The Balaban J connectivity index is 2.56. The minimum Gasteiger partial charge on any atom is -0.398 e. The first kappa shape index (κ1) is 13.6. The van der Waals surface area contributed by atoms with E-state index in [4.69, 9.17) is 5.73 Å². The summed E-state index contributed by atoms with van der Waals surface area (Å²) in [6.07, 6.45) is 0.476. The molecule has 0 amide bonds. The Kier molecular flexibility index (Phi) is 4.23. The van der Waals surface area contributed by atoms with Crippen molar-refractivity contribution in [2.75, 3.05) is 5.73 Å². The van der Waals surface area contributed by atoms with E-state index in [1.165, 1.54) is 5.56 Å². The van der Waals surface area contributed by atoms with Gasteiger partial charge in [-0.1, -0.05) is 49.4 Å². The summed E-state index contributed by atoms with van der Waals surface area (Å²) in [5.74, 6) is -0.0719. The van der Waals surface area contributed by atoms with Crippen LogP contribution >= 0.6 is 0 Å². The summed E-state index contributed by atoms with van der Waals surface area (Å²) in [6, 6.07) is 16.0. The second-order valence-corrected chi connectivity index (χ2v) is 4.90. The first-order valence-corrected chi connectivity index (χ1v) is 6.75. The Bertz CT molecular complexity index is 548. The third kappa shape index (κ3) is 2.79. The van der Waals surface area contributed by atoms with Crippen LogP contribution in [0.1, 0.15) is 36.5 Å². The molecular formula is C17H21NO. The second-order valence-electron chi connectivity index (χ2n) is 4.90. The van der Waals surface area contributed by atoms with Crippen LogP contribution in [-0.4, -0.2) is 11.2 Å². The van der Waals surface area contributed by atoms with Crippen LogP contribution in [0.4, 0.5) is 5.69 Å². The highest BCUT2D eigenvalue weighted by Gasteiger charge is 2.23. The van der Waals surface area contributed by atoms with Crippen LogP contribution in [0, 0.1) is 0 Å². The van der Waals surface area contributed by atoms with Gasteiger partial charge in [0.2, 0.25) is 0 Å². The lowest BCUT2D eigenvalue weighted by atomic mass is 9.83. The summed E-state index contributed by atoms with van der Waals surface area (Å²) in [4.78, 5) is 0. The van der Waals surface area contributed by atoms with E-state index < -0.39 is 6.10 Å². The number of hydrogen-bond donors (Lipinski definition) is 2. The highest BCUT2D eigenvalue weighted by molar-refractivity contribution is 5.53. The van der Waals surface area contributed by atoms with Crippen LogP contribution in [0.2, 0.25) is 0 Å². The van der Waals surface area contributed by atoms with E-state index in [-0.39, 0.29) is 5.92 Å². The number of nitrogens with two attached hydrogens (primary N) is 1. The van der Waals surface area contributed by atoms with Crippen LogP contribution in [-0.2, 0) is 6.42 Å². The maximum atomic E-state index is 10.2. The smallest absolute Gasteiger partial charge is 0.0622 e. The van der Waals surface area contributed by atoms with E-state index in [0.717, 1.165) is 23.2 Å². The number of aryl methyl sites for hydroxylation is 1. The molecule has 0 spiro atoms. The van der Waals surface area contributed by atoms with Crippen LogP contribution in [0.25, 0.3) is 0 Å². The third-order valence-corrected chi connectivity index (χ3v) is 3.58. The van der Waals surface area contributed by atoms with E-state index in [2.05, 4.69) is 19.1 Å². The number of benzene rings is 2. The average Bonchev–Trinajstić information content (AvgIpc) is 2.41. The van der Waals surface area contributed by atoms with Crippen molar-refractivity contribution in [2.24, 2.45) is 0 Å². The molecule has 0 aliphatic rings. The van der Waals surface area contributed by atoms with Crippen molar-refractivity contribution in [2.45, 2.75) is 32.3 Å². The molecule has 100 valence electrons. The first-order valence-electron chi connectivity index (χ1n) is 6.75. The number of nitrogen functional groups attached to an aromatic ring is 1. The molecule has 3 N–H and O–H groups in total. The van der Waals surface area contributed by atoms with E-state index >= 15 is 0 Å². The van der Waals surface area contributed by atoms with Gasteiger partial charge in [-0.2, -0.15) is 0 Å². The monoisotopic (exact) mass is 255 g/mol. The molecule has 0 aliphatic carbocycles. The maximum absolute atomic E-state index is 10.2. The molecule has 0 saturated heterocycles. The summed E-state index contributed by atoms with van der Waals surface area (Å²) < 4.78 is 0. The van der Waals surface area contributed by atoms with Gasteiger partial charge in [-0.25, -0.2) is 0 Å². The standard InChI is InChI=1S/C17H21NO/c1-3-13-8-4-5-9-14(13)17(12(2)19)15-10-6-7-11-16(15)18/h4-12,17,19H,3,18H2,1-2H3. The second kappa shape index (κ2) is 5.89. The first-order chi connectivity index (χ1) is 9.15. The Labute approximate surface area is 114 Å². The minimum absolute atomic E-state index is 0.0719. The zero-order valence-corrected chi connectivity index (χ0v) is 11.5. The van der Waals surface area contributed by atoms with Crippen molar-refractivity contribution in [1.29, 1.82) is 0 Å². The average molecular weight is 255 g/mol. The predicted octanol–water partition coefficient (Wildman–Crippen LogP) is 3.34. The van der Waals surface area contributed by atoms with Gasteiger partial charge in [-0.15, -0.1) is 0 Å². The van der Waals surface area contributed by atoms with Gasteiger partial charge in [0.1, 0.15) is 0 Å². The fraction of sp³-hybridized carbons (Fsp3) is 0.294. The van der Waals surface area contributed by atoms with Crippen LogP contribution < -0.4 is 5.73 Å². The molecule has 2 atom stereocenters. The Hall–Kier alpha value is -1.80. The summed E-state index contributed by atoms with van der Waals surface area (Å²) in [6.45, 7) is 3.95. The van der Waals surface area contributed by atoms with Gasteiger partial charge in [0, 0.05) is 11.6 Å². The molecule has 0 fully saturated rings. The van der Waals surface area contributed by atoms with Crippen molar-refractivity contribution in [1.82, 2.24) is 0 Å². The molecule has 2 unspecified atom stereocenters. The Morgan fingerprint density at radius 3 is 2.16 bits per heavy atom. The maximum Gasteiger partial charge on any atom is 0.0622 e. The van der Waals surface area contributed by atoms with E-state index in [1.807, 2.05) is 43.3 Å². The third-order valence-electron chi connectivity index (χ3n) is 3.58. The largest absolute Gasteiger partial charge is 0.398 e. The summed E-state index contributed by atoms with van der Waals surface area (Å²) in [7, 11) is 0. The van der Waals surface area contributed by atoms with Gasteiger partial charge >= 0.3 is 0 Å². The summed E-state index contributed by atoms with van der Waals surface area (Å²) in [5, 5.41) is 10.2. The SMILES string of the molecule is CCc1ccccc1C(c1ccccc1N)C(C)O.